The highest BCUT2D eigenvalue weighted by Gasteiger charge is 2.30. The number of carbonyl (C=O) groups excluding carboxylic acids is 2. The minimum Gasteiger partial charge on any atom is -0.374 e. The largest absolute Gasteiger partial charge is 0.374 e. The maximum atomic E-state index is 13.5. The van der Waals surface area contributed by atoms with Gasteiger partial charge in [0.2, 0.25) is 16.9 Å². The Labute approximate surface area is 141 Å². The number of fused-ring (bicyclic) bond motifs is 1. The first-order valence-corrected chi connectivity index (χ1v) is 8.29. The monoisotopic (exact) mass is 349 g/mol. The fourth-order valence-corrected chi connectivity index (χ4v) is 3.26. The van der Waals surface area contributed by atoms with Gasteiger partial charge < -0.3 is 16.4 Å². The highest BCUT2D eigenvalue weighted by Crippen LogP contribution is 2.32. The Hall–Kier alpha value is -2.55. The number of nitrogen functional groups attached to an aromatic ring is 1. The van der Waals surface area contributed by atoms with Gasteiger partial charge in [-0.25, -0.2) is 4.39 Å². The van der Waals surface area contributed by atoms with Gasteiger partial charge in [0.05, 0.1) is 5.92 Å². The Morgan fingerprint density at radius 2 is 2.29 bits per heavy atom. The predicted octanol–water partition coefficient (Wildman–Crippen LogP) is 1.43. The van der Waals surface area contributed by atoms with Gasteiger partial charge in [0.15, 0.2) is 0 Å². The summed E-state index contributed by atoms with van der Waals surface area (Å²) in [5.41, 5.74) is 6.49. The lowest BCUT2D eigenvalue weighted by Gasteiger charge is -2.24. The van der Waals surface area contributed by atoms with Crippen molar-refractivity contribution in [3.63, 3.8) is 0 Å². The van der Waals surface area contributed by atoms with Crippen LogP contribution in [0.25, 0.3) is 0 Å². The van der Waals surface area contributed by atoms with Gasteiger partial charge in [0, 0.05) is 25.1 Å². The SMILES string of the molecule is Nc1nnc(CCCNC(=O)[C@@H]2CC(=O)Nc3ccc(F)cc32)s1. The third kappa shape index (κ3) is 3.67. The molecule has 126 valence electrons. The molecule has 0 bridgehead atoms. The Kier molecular flexibility index (Phi) is 4.70. The van der Waals surface area contributed by atoms with Gasteiger partial charge in [0.25, 0.3) is 0 Å². The number of aromatic nitrogens is 2. The lowest BCUT2D eigenvalue weighted by molar-refractivity contribution is -0.126. The second kappa shape index (κ2) is 6.91. The maximum Gasteiger partial charge on any atom is 0.228 e. The van der Waals surface area contributed by atoms with Gasteiger partial charge in [-0.3, -0.25) is 9.59 Å². The Balaban J connectivity index is 1.59. The number of amides is 2. The van der Waals surface area contributed by atoms with Crippen molar-refractivity contribution in [3.05, 3.63) is 34.6 Å². The molecule has 7 nitrogen and oxygen atoms in total. The van der Waals surface area contributed by atoms with Crippen LogP contribution in [0.5, 0.6) is 0 Å². The Morgan fingerprint density at radius 3 is 3.04 bits per heavy atom. The van der Waals surface area contributed by atoms with Gasteiger partial charge in [-0.2, -0.15) is 0 Å². The van der Waals surface area contributed by atoms with E-state index in [9.17, 15) is 14.0 Å². The molecule has 0 spiro atoms. The van der Waals surface area contributed by atoms with Crippen molar-refractivity contribution >= 4 is 34.0 Å². The third-order valence-corrected chi connectivity index (χ3v) is 4.53. The Morgan fingerprint density at radius 1 is 1.46 bits per heavy atom. The molecule has 0 saturated heterocycles. The third-order valence-electron chi connectivity index (χ3n) is 3.72. The molecule has 2 heterocycles. The van der Waals surface area contributed by atoms with Crippen molar-refractivity contribution in [2.45, 2.75) is 25.2 Å². The summed E-state index contributed by atoms with van der Waals surface area (Å²) >= 11 is 1.32. The molecule has 1 aromatic heterocycles. The molecule has 1 aromatic carbocycles. The molecule has 24 heavy (non-hydrogen) atoms. The minimum absolute atomic E-state index is 0.00915. The van der Waals surface area contributed by atoms with Crippen LogP contribution in [-0.4, -0.2) is 28.6 Å². The van der Waals surface area contributed by atoms with Crippen LogP contribution in [0.15, 0.2) is 18.2 Å². The summed E-state index contributed by atoms with van der Waals surface area (Å²) in [5.74, 6) is -1.65. The molecule has 1 aliphatic heterocycles. The van der Waals surface area contributed by atoms with Gasteiger partial charge >= 0.3 is 0 Å². The van der Waals surface area contributed by atoms with Crippen LogP contribution in [0, 0.1) is 5.82 Å². The first kappa shape index (κ1) is 16.3. The van der Waals surface area contributed by atoms with Gasteiger partial charge in [-0.05, 0) is 30.2 Å². The van der Waals surface area contributed by atoms with E-state index < -0.39 is 11.7 Å². The highest BCUT2D eigenvalue weighted by molar-refractivity contribution is 7.15. The predicted molar refractivity (Wildman–Crippen MR) is 88.0 cm³/mol. The molecule has 3 rings (SSSR count). The first-order valence-electron chi connectivity index (χ1n) is 7.48. The fourth-order valence-electron chi connectivity index (χ4n) is 2.61. The van der Waals surface area contributed by atoms with Crippen LogP contribution in [0.1, 0.15) is 29.3 Å². The van der Waals surface area contributed by atoms with Crippen molar-refractivity contribution in [2.75, 3.05) is 17.6 Å². The molecule has 2 amide bonds. The average Bonchev–Trinajstić information content (AvgIpc) is 2.96. The number of hydrogen-bond donors (Lipinski definition) is 3. The van der Waals surface area contributed by atoms with Crippen LogP contribution in [-0.2, 0) is 16.0 Å². The molecule has 0 unspecified atom stereocenters. The second-order valence-electron chi connectivity index (χ2n) is 5.47. The van der Waals surface area contributed by atoms with E-state index in [4.69, 9.17) is 5.73 Å². The summed E-state index contributed by atoms with van der Waals surface area (Å²) in [6.07, 6.45) is 1.34. The van der Waals surface area contributed by atoms with Crippen LogP contribution in [0.4, 0.5) is 15.2 Å². The smallest absolute Gasteiger partial charge is 0.228 e. The number of halogens is 1. The molecule has 0 fully saturated rings. The van der Waals surface area contributed by atoms with Crippen LogP contribution in [0.2, 0.25) is 0 Å². The standard InChI is InChI=1S/C15H16FN5O2S/c16-8-3-4-11-9(6-8)10(7-12(22)19-11)14(23)18-5-1-2-13-20-21-15(17)24-13/h3-4,6,10H,1-2,5,7H2,(H2,17,21)(H,18,23)(H,19,22)/t10-/m1/s1. The summed E-state index contributed by atoms with van der Waals surface area (Å²) in [6.45, 7) is 0.432. The molecule has 1 atom stereocenters. The summed E-state index contributed by atoms with van der Waals surface area (Å²) < 4.78 is 13.5. The number of aryl methyl sites for hydroxylation is 1. The second-order valence-corrected chi connectivity index (χ2v) is 6.56. The Bertz CT molecular complexity index is 779. The van der Waals surface area contributed by atoms with Crippen LogP contribution >= 0.6 is 11.3 Å². The maximum absolute atomic E-state index is 13.5. The fraction of sp³-hybridized carbons (Fsp3) is 0.333. The number of rotatable bonds is 5. The zero-order valence-electron chi connectivity index (χ0n) is 12.7. The number of hydrogen-bond acceptors (Lipinski definition) is 6. The molecule has 9 heteroatoms. The number of nitrogens with two attached hydrogens (primary N) is 1. The van der Waals surface area contributed by atoms with E-state index in [0.717, 1.165) is 5.01 Å². The van der Waals surface area contributed by atoms with Crippen molar-refractivity contribution in [1.82, 2.24) is 15.5 Å². The first-order chi connectivity index (χ1) is 11.5. The zero-order valence-corrected chi connectivity index (χ0v) is 13.5. The highest BCUT2D eigenvalue weighted by atomic mass is 32.1. The number of anilines is 2. The normalized spacial score (nSPS) is 16.4. The van der Waals surface area contributed by atoms with Crippen molar-refractivity contribution < 1.29 is 14.0 Å². The number of carbonyl (C=O) groups is 2. The van der Waals surface area contributed by atoms with E-state index in [0.29, 0.717) is 35.8 Å². The van der Waals surface area contributed by atoms with Crippen molar-refractivity contribution in [3.8, 4) is 0 Å². The molecule has 2 aromatic rings. The average molecular weight is 349 g/mol. The molecular weight excluding hydrogens is 333 g/mol. The summed E-state index contributed by atoms with van der Waals surface area (Å²) in [7, 11) is 0. The summed E-state index contributed by atoms with van der Waals surface area (Å²) in [4.78, 5) is 24.1. The van der Waals surface area contributed by atoms with E-state index in [2.05, 4.69) is 20.8 Å². The summed E-state index contributed by atoms with van der Waals surface area (Å²) in [5, 5.41) is 14.3. The molecule has 4 N–H and O–H groups in total. The summed E-state index contributed by atoms with van der Waals surface area (Å²) in [6, 6.07) is 4.03. The van der Waals surface area contributed by atoms with E-state index in [-0.39, 0.29) is 18.2 Å². The molecule has 0 radical (unpaired) electrons. The van der Waals surface area contributed by atoms with Crippen molar-refractivity contribution in [1.29, 1.82) is 0 Å². The molecule has 1 aliphatic rings. The topological polar surface area (TPSA) is 110 Å². The van der Waals surface area contributed by atoms with E-state index in [1.54, 1.807) is 0 Å². The van der Waals surface area contributed by atoms with Gasteiger partial charge in [-0.15, -0.1) is 10.2 Å². The lowest BCUT2D eigenvalue weighted by Crippen LogP contribution is -2.35. The van der Waals surface area contributed by atoms with E-state index in [1.807, 2.05) is 0 Å². The lowest BCUT2D eigenvalue weighted by atomic mass is 9.89. The van der Waals surface area contributed by atoms with Gasteiger partial charge in [-0.1, -0.05) is 11.3 Å². The van der Waals surface area contributed by atoms with E-state index in [1.165, 1.54) is 29.5 Å². The van der Waals surface area contributed by atoms with E-state index >= 15 is 0 Å². The van der Waals surface area contributed by atoms with Crippen LogP contribution in [0.3, 0.4) is 0 Å². The zero-order chi connectivity index (χ0) is 17.1. The number of benzene rings is 1. The molecule has 0 saturated carbocycles. The number of nitrogens with one attached hydrogen (secondary N) is 2. The molecule has 0 aliphatic carbocycles. The quantitative estimate of drug-likeness (QED) is 0.708. The number of nitrogens with zero attached hydrogens (tertiary/aromatic N) is 2. The minimum atomic E-state index is -0.679. The van der Waals surface area contributed by atoms with Crippen molar-refractivity contribution in [2.24, 2.45) is 0 Å². The molecular formula is C15H16FN5O2S. The van der Waals surface area contributed by atoms with Crippen LogP contribution < -0.4 is 16.4 Å². The van der Waals surface area contributed by atoms with Gasteiger partial charge in [0.1, 0.15) is 10.8 Å².